The van der Waals surface area contributed by atoms with Gasteiger partial charge in [-0.3, -0.25) is 33.6 Å². The standard InChI is InChI=1S/C37H56N8O16/c1-14-12-45-27(28(14)51)35(58)43-33(56)22(49)11-20(39)31(54)40-24(15(2)46)36(59)44-13-18(48)10-21(44)32(55)42-26(34(57)41-25(16(3)47)37(45)60)30(53)29(52)17-4-6-19(7-5-17)61-23(50)8-9-38/h4-7,14-16,18,20-22,24-30,33,46-49,51-53,56H,8-13,38-39H2,1-3H3,(H,40,54)(H,41,57)(H,42,55)(H,43,58)/t14-,15-,16-,18-,20+,21+,22-,24+,25+,26+,27+,28-,29+,30+,33-/m1/s1. The minimum atomic E-state index is -2.29. The molecule has 24 heteroatoms. The lowest BCUT2D eigenvalue weighted by Gasteiger charge is -2.34. The normalized spacial score (nSPS) is 33.2. The number of ether oxygens (including phenoxy) is 1. The molecule has 0 unspecified atom stereocenters. The number of benzene rings is 1. The van der Waals surface area contributed by atoms with E-state index in [2.05, 4.69) is 16.0 Å². The van der Waals surface area contributed by atoms with E-state index in [-0.39, 0.29) is 30.8 Å². The molecule has 4 rings (SSSR count). The van der Waals surface area contributed by atoms with E-state index in [1.165, 1.54) is 31.2 Å². The zero-order chi connectivity index (χ0) is 45.6. The number of carbonyl (C=O) groups excluding carboxylic acids is 7. The molecule has 340 valence electrons. The van der Waals surface area contributed by atoms with Crippen LogP contribution < -0.4 is 37.5 Å². The topological polar surface area (TPSA) is 397 Å². The van der Waals surface area contributed by atoms with Gasteiger partial charge in [0.15, 0.2) is 6.23 Å². The van der Waals surface area contributed by atoms with Crippen LogP contribution in [0.3, 0.4) is 0 Å². The molecular weight excluding hydrogens is 812 g/mol. The summed E-state index contributed by atoms with van der Waals surface area (Å²) in [6.07, 6.45) is -16.1. The van der Waals surface area contributed by atoms with E-state index in [4.69, 9.17) is 16.2 Å². The van der Waals surface area contributed by atoms with Gasteiger partial charge in [-0.15, -0.1) is 0 Å². The smallest absolute Gasteiger partial charge is 0.312 e. The van der Waals surface area contributed by atoms with Gasteiger partial charge in [0, 0.05) is 38.4 Å². The minimum Gasteiger partial charge on any atom is -0.426 e. The maximum atomic E-state index is 14.2. The van der Waals surface area contributed by atoms with Crippen LogP contribution in [-0.2, 0) is 33.6 Å². The van der Waals surface area contributed by atoms with Crippen LogP contribution in [0, 0.1) is 5.92 Å². The number of hydrogen-bond acceptors (Lipinski definition) is 18. The van der Waals surface area contributed by atoms with Crippen molar-refractivity contribution in [3.63, 3.8) is 0 Å². The Hall–Kier alpha value is -4.89. The monoisotopic (exact) mass is 868 g/mol. The molecule has 3 aliphatic heterocycles. The van der Waals surface area contributed by atoms with E-state index < -0.39 is 152 Å². The number of carbonyl (C=O) groups is 7. The number of aliphatic hydroxyl groups is 8. The van der Waals surface area contributed by atoms with Crippen LogP contribution in [0.25, 0.3) is 0 Å². The summed E-state index contributed by atoms with van der Waals surface area (Å²) in [5.74, 6) is -8.66. The van der Waals surface area contributed by atoms with Crippen molar-refractivity contribution < 1.29 is 79.2 Å². The Labute approximate surface area is 349 Å². The summed E-state index contributed by atoms with van der Waals surface area (Å²) in [6.45, 7) is 2.81. The predicted octanol–water partition coefficient (Wildman–Crippen LogP) is -7.75. The van der Waals surface area contributed by atoms with Gasteiger partial charge in [-0.2, -0.15) is 0 Å². The lowest BCUT2D eigenvalue weighted by Crippen LogP contribution is -2.64. The second kappa shape index (κ2) is 20.8. The lowest BCUT2D eigenvalue weighted by molar-refractivity contribution is -0.148. The van der Waals surface area contributed by atoms with Crippen molar-refractivity contribution in [2.75, 3.05) is 19.6 Å². The molecule has 3 heterocycles. The molecule has 0 radical (unpaired) electrons. The molecule has 3 saturated heterocycles. The molecule has 1 aromatic rings. The summed E-state index contributed by atoms with van der Waals surface area (Å²) < 4.78 is 5.13. The average Bonchev–Trinajstić information content (AvgIpc) is 3.74. The third-order valence-electron chi connectivity index (χ3n) is 10.8. The highest BCUT2D eigenvalue weighted by molar-refractivity contribution is 5.98. The molecule has 6 amide bonds. The number of amides is 6. The van der Waals surface area contributed by atoms with E-state index in [9.17, 15) is 74.4 Å². The second-order valence-corrected chi connectivity index (χ2v) is 15.6. The van der Waals surface area contributed by atoms with Crippen LogP contribution in [0.15, 0.2) is 24.3 Å². The average molecular weight is 869 g/mol. The summed E-state index contributed by atoms with van der Waals surface area (Å²) in [5, 5.41) is 96.0. The van der Waals surface area contributed by atoms with Gasteiger partial charge in [0.2, 0.25) is 35.4 Å². The van der Waals surface area contributed by atoms with E-state index >= 15 is 0 Å². The van der Waals surface area contributed by atoms with E-state index in [0.29, 0.717) is 0 Å². The van der Waals surface area contributed by atoms with Crippen LogP contribution in [0.1, 0.15) is 51.7 Å². The Morgan fingerprint density at radius 2 is 1.33 bits per heavy atom. The molecule has 0 spiro atoms. The fourth-order valence-electron chi connectivity index (χ4n) is 7.29. The zero-order valence-corrected chi connectivity index (χ0v) is 33.6. The highest BCUT2D eigenvalue weighted by Crippen LogP contribution is 2.27. The number of fused-ring (bicyclic) bond motifs is 2. The van der Waals surface area contributed by atoms with Crippen LogP contribution in [0.4, 0.5) is 0 Å². The molecule has 15 atom stereocenters. The quantitative estimate of drug-likeness (QED) is 0.0852. The van der Waals surface area contributed by atoms with Crippen molar-refractivity contribution in [3.8, 4) is 5.75 Å². The first kappa shape index (κ1) is 48.8. The SMILES string of the molecule is C[C@@H]1CN2C(=O)[C@H]([C@@H](C)O)NC(=O)[C@H]([C@H](O)[C@@H](O)c3ccc(OC(=O)CCN)cc3)NC(=O)[C@@H]3C[C@@H](O)CN3C(=O)[C@H]([C@@H](C)O)NC(=O)[C@@H](N)C[C@@H](O)[C@@H](O)NC(=O)[C@@H]2[C@@H]1O. The maximum Gasteiger partial charge on any atom is 0.312 e. The molecule has 16 N–H and O–H groups in total. The molecule has 1 aromatic carbocycles. The molecule has 24 nitrogen and oxygen atoms in total. The van der Waals surface area contributed by atoms with E-state index in [1.54, 1.807) is 0 Å². The van der Waals surface area contributed by atoms with Crippen molar-refractivity contribution in [1.82, 2.24) is 31.1 Å². The number of rotatable bonds is 8. The van der Waals surface area contributed by atoms with Gasteiger partial charge in [0.05, 0.1) is 36.9 Å². The summed E-state index contributed by atoms with van der Waals surface area (Å²) in [4.78, 5) is 96.3. The summed E-state index contributed by atoms with van der Waals surface area (Å²) >= 11 is 0. The van der Waals surface area contributed by atoms with Crippen LogP contribution in [0.2, 0.25) is 0 Å². The minimum absolute atomic E-state index is 0.0147. The van der Waals surface area contributed by atoms with Crippen molar-refractivity contribution >= 4 is 41.4 Å². The molecular formula is C37H56N8O16. The number of nitrogens with two attached hydrogens (primary N) is 2. The maximum absolute atomic E-state index is 14.2. The number of hydrogen-bond donors (Lipinski definition) is 14. The Bertz CT molecular complexity index is 1770. The zero-order valence-electron chi connectivity index (χ0n) is 33.6. The Morgan fingerprint density at radius 1 is 0.770 bits per heavy atom. The Kier molecular flexibility index (Phi) is 16.6. The van der Waals surface area contributed by atoms with Gasteiger partial charge in [-0.25, -0.2) is 0 Å². The molecule has 61 heavy (non-hydrogen) atoms. The van der Waals surface area contributed by atoms with Gasteiger partial charge >= 0.3 is 5.97 Å². The molecule has 3 aliphatic rings. The first-order valence-corrected chi connectivity index (χ1v) is 19.6. The molecule has 0 saturated carbocycles. The molecule has 0 aliphatic carbocycles. The Balaban J connectivity index is 1.78. The molecule has 0 bridgehead atoms. The van der Waals surface area contributed by atoms with Gasteiger partial charge in [0.25, 0.3) is 0 Å². The summed E-state index contributed by atoms with van der Waals surface area (Å²) in [7, 11) is 0. The van der Waals surface area contributed by atoms with E-state index in [0.717, 1.165) is 23.6 Å². The first-order valence-electron chi connectivity index (χ1n) is 19.6. The van der Waals surface area contributed by atoms with E-state index in [1.807, 2.05) is 5.32 Å². The van der Waals surface area contributed by atoms with Gasteiger partial charge < -0.3 is 88.1 Å². The first-order chi connectivity index (χ1) is 28.6. The fourth-order valence-corrected chi connectivity index (χ4v) is 7.29. The number of nitrogens with zero attached hydrogens (tertiary/aromatic N) is 2. The highest BCUT2D eigenvalue weighted by atomic mass is 16.5. The predicted molar refractivity (Wildman–Crippen MR) is 205 cm³/mol. The number of nitrogens with one attached hydrogen (secondary N) is 4. The number of aliphatic hydroxyl groups excluding tert-OH is 8. The highest BCUT2D eigenvalue weighted by Gasteiger charge is 2.50. The van der Waals surface area contributed by atoms with Crippen LogP contribution >= 0.6 is 0 Å². The molecule has 3 fully saturated rings. The van der Waals surface area contributed by atoms with Gasteiger partial charge in [-0.05, 0) is 31.5 Å². The Morgan fingerprint density at radius 3 is 1.90 bits per heavy atom. The van der Waals surface area contributed by atoms with Gasteiger partial charge in [-0.1, -0.05) is 19.1 Å². The van der Waals surface area contributed by atoms with Crippen molar-refractivity contribution in [1.29, 1.82) is 0 Å². The summed E-state index contributed by atoms with van der Waals surface area (Å²) in [6, 6.07) is -6.20. The fraction of sp³-hybridized carbons (Fsp3) is 0.649. The summed E-state index contributed by atoms with van der Waals surface area (Å²) in [5.41, 5.74) is 11.2. The van der Waals surface area contributed by atoms with Crippen LogP contribution in [0.5, 0.6) is 5.75 Å². The lowest BCUT2D eigenvalue weighted by atomic mass is 9.96. The van der Waals surface area contributed by atoms with Crippen LogP contribution in [-0.4, -0.2) is 191 Å². The third-order valence-corrected chi connectivity index (χ3v) is 10.8. The van der Waals surface area contributed by atoms with Crippen molar-refractivity contribution in [3.05, 3.63) is 29.8 Å². The third kappa shape index (κ3) is 11.5. The van der Waals surface area contributed by atoms with Crippen molar-refractivity contribution in [2.45, 2.75) is 125 Å². The second-order valence-electron chi connectivity index (χ2n) is 15.6. The van der Waals surface area contributed by atoms with Crippen molar-refractivity contribution in [2.24, 2.45) is 17.4 Å². The van der Waals surface area contributed by atoms with Gasteiger partial charge in [0.1, 0.15) is 54.3 Å². The molecule has 0 aromatic heterocycles. The largest absolute Gasteiger partial charge is 0.426 e. The number of esters is 1.